The second-order valence-corrected chi connectivity index (χ2v) is 6.84. The summed E-state index contributed by atoms with van der Waals surface area (Å²) in [6, 6.07) is 7.58. The van der Waals surface area contributed by atoms with Crippen molar-refractivity contribution in [1.82, 2.24) is 20.5 Å². The highest BCUT2D eigenvalue weighted by Crippen LogP contribution is 2.10. The van der Waals surface area contributed by atoms with Crippen LogP contribution < -0.4 is 10.6 Å². The van der Waals surface area contributed by atoms with Crippen LogP contribution in [0.2, 0.25) is 0 Å². The molecule has 7 heteroatoms. The minimum absolute atomic E-state index is 0.00633. The molecule has 1 aromatic heterocycles. The number of amides is 1. The van der Waals surface area contributed by atoms with E-state index in [0.717, 1.165) is 16.5 Å². The van der Waals surface area contributed by atoms with Gasteiger partial charge in [-0.3, -0.25) is 9.79 Å². The molecule has 0 aliphatic heterocycles. The maximum Gasteiger partial charge on any atom is 0.253 e. The van der Waals surface area contributed by atoms with Crippen LogP contribution in [0, 0.1) is 6.92 Å². The summed E-state index contributed by atoms with van der Waals surface area (Å²) in [7, 11) is 5.24. The summed E-state index contributed by atoms with van der Waals surface area (Å²) in [6.45, 7) is 3.32. The Balaban J connectivity index is 1.85. The van der Waals surface area contributed by atoms with Gasteiger partial charge in [-0.2, -0.15) is 0 Å². The number of rotatable bonds is 5. The molecule has 128 valence electrons. The predicted molar refractivity (Wildman–Crippen MR) is 98.3 cm³/mol. The highest BCUT2D eigenvalue weighted by atomic mass is 32.1. The Kier molecular flexibility index (Phi) is 6.31. The summed E-state index contributed by atoms with van der Waals surface area (Å²) in [5.41, 5.74) is 1.77. The van der Waals surface area contributed by atoms with Crippen LogP contribution in [0.5, 0.6) is 0 Å². The molecule has 0 bridgehead atoms. The van der Waals surface area contributed by atoms with Gasteiger partial charge in [0.1, 0.15) is 0 Å². The van der Waals surface area contributed by atoms with Gasteiger partial charge < -0.3 is 15.5 Å². The standard InChI is InChI=1S/C17H23N5OS/c1-12-19-10-15(24-12)11-21-17(18-2)20-9-13-5-7-14(8-6-13)16(23)22(3)4/h5-8,10H,9,11H2,1-4H3,(H2,18,20,21). The number of guanidine groups is 1. The van der Waals surface area contributed by atoms with E-state index in [2.05, 4.69) is 20.6 Å². The third-order valence-corrected chi connectivity index (χ3v) is 4.30. The molecule has 1 amide bonds. The molecule has 0 aliphatic carbocycles. The molecule has 0 unspecified atom stereocenters. The molecule has 0 radical (unpaired) electrons. The number of benzene rings is 1. The maximum absolute atomic E-state index is 11.9. The Hall–Kier alpha value is -2.41. The smallest absolute Gasteiger partial charge is 0.253 e. The average molecular weight is 345 g/mol. The van der Waals surface area contributed by atoms with Crippen LogP contribution in [-0.4, -0.2) is 42.9 Å². The number of aliphatic imine (C=N–C) groups is 1. The molecule has 24 heavy (non-hydrogen) atoms. The summed E-state index contributed by atoms with van der Waals surface area (Å²) >= 11 is 1.67. The molecule has 0 spiro atoms. The van der Waals surface area contributed by atoms with Crippen molar-refractivity contribution in [2.24, 2.45) is 4.99 Å². The Labute approximate surface area is 146 Å². The molecule has 0 saturated heterocycles. The third kappa shape index (κ3) is 5.06. The van der Waals surface area contributed by atoms with Gasteiger partial charge in [-0.15, -0.1) is 11.3 Å². The molecular weight excluding hydrogens is 322 g/mol. The fourth-order valence-electron chi connectivity index (χ4n) is 2.09. The Bertz CT molecular complexity index is 706. The summed E-state index contributed by atoms with van der Waals surface area (Å²) in [6.07, 6.45) is 1.88. The number of carbonyl (C=O) groups is 1. The first-order chi connectivity index (χ1) is 11.5. The van der Waals surface area contributed by atoms with Crippen LogP contribution in [-0.2, 0) is 13.1 Å². The SMILES string of the molecule is CN=C(NCc1ccc(C(=O)N(C)C)cc1)NCc1cnc(C)s1. The lowest BCUT2D eigenvalue weighted by Gasteiger charge is -2.12. The van der Waals surface area contributed by atoms with Crippen molar-refractivity contribution in [3.63, 3.8) is 0 Å². The van der Waals surface area contributed by atoms with Crippen molar-refractivity contribution in [3.05, 3.63) is 51.5 Å². The van der Waals surface area contributed by atoms with E-state index in [9.17, 15) is 4.79 Å². The van der Waals surface area contributed by atoms with E-state index < -0.39 is 0 Å². The van der Waals surface area contributed by atoms with Gasteiger partial charge in [0.05, 0.1) is 11.6 Å². The quantitative estimate of drug-likeness (QED) is 0.642. The number of hydrogen-bond donors (Lipinski definition) is 2. The van der Waals surface area contributed by atoms with E-state index >= 15 is 0 Å². The number of hydrogen-bond acceptors (Lipinski definition) is 4. The lowest BCUT2D eigenvalue weighted by atomic mass is 10.1. The van der Waals surface area contributed by atoms with Crippen molar-refractivity contribution in [1.29, 1.82) is 0 Å². The molecule has 2 aromatic rings. The zero-order valence-corrected chi connectivity index (χ0v) is 15.3. The van der Waals surface area contributed by atoms with Crippen LogP contribution in [0.4, 0.5) is 0 Å². The van der Waals surface area contributed by atoms with Crippen molar-refractivity contribution < 1.29 is 4.79 Å². The minimum atomic E-state index is 0.00633. The van der Waals surface area contributed by atoms with E-state index in [1.165, 1.54) is 4.88 Å². The van der Waals surface area contributed by atoms with Gasteiger partial charge in [0, 0.05) is 44.3 Å². The van der Waals surface area contributed by atoms with Gasteiger partial charge in [0.15, 0.2) is 5.96 Å². The zero-order chi connectivity index (χ0) is 17.5. The van der Waals surface area contributed by atoms with Gasteiger partial charge >= 0.3 is 0 Å². The molecule has 0 atom stereocenters. The summed E-state index contributed by atoms with van der Waals surface area (Å²) in [5, 5.41) is 7.58. The molecule has 0 fully saturated rings. The normalized spacial score (nSPS) is 11.2. The van der Waals surface area contributed by atoms with E-state index in [1.807, 2.05) is 37.4 Å². The van der Waals surface area contributed by atoms with Crippen LogP contribution >= 0.6 is 11.3 Å². The summed E-state index contributed by atoms with van der Waals surface area (Å²) in [5.74, 6) is 0.737. The molecule has 2 N–H and O–H groups in total. The number of nitrogens with zero attached hydrogens (tertiary/aromatic N) is 3. The number of aromatic nitrogens is 1. The van der Waals surface area contributed by atoms with Crippen LogP contribution in [0.25, 0.3) is 0 Å². The van der Waals surface area contributed by atoms with E-state index in [1.54, 1.807) is 37.4 Å². The van der Waals surface area contributed by atoms with Gasteiger partial charge in [-0.25, -0.2) is 4.98 Å². The average Bonchev–Trinajstić information content (AvgIpc) is 3.00. The Morgan fingerprint density at radius 1 is 1.21 bits per heavy atom. The number of thiazole rings is 1. The van der Waals surface area contributed by atoms with Crippen molar-refractivity contribution in [2.45, 2.75) is 20.0 Å². The van der Waals surface area contributed by atoms with Gasteiger partial charge in [0.25, 0.3) is 5.91 Å². The van der Waals surface area contributed by atoms with Crippen molar-refractivity contribution in [2.75, 3.05) is 21.1 Å². The van der Waals surface area contributed by atoms with Crippen LogP contribution in [0.1, 0.15) is 25.8 Å². The number of carbonyl (C=O) groups excluding carboxylic acids is 1. The minimum Gasteiger partial charge on any atom is -0.352 e. The highest BCUT2D eigenvalue weighted by Gasteiger charge is 2.07. The first-order valence-corrected chi connectivity index (χ1v) is 8.47. The van der Waals surface area contributed by atoms with Crippen LogP contribution in [0.15, 0.2) is 35.5 Å². The lowest BCUT2D eigenvalue weighted by molar-refractivity contribution is 0.0827. The van der Waals surface area contributed by atoms with Gasteiger partial charge in [-0.1, -0.05) is 12.1 Å². The maximum atomic E-state index is 11.9. The molecular formula is C17H23N5OS. The van der Waals surface area contributed by atoms with Crippen molar-refractivity contribution >= 4 is 23.2 Å². The Morgan fingerprint density at radius 2 is 1.88 bits per heavy atom. The predicted octanol–water partition coefficient (Wildman–Crippen LogP) is 2.02. The van der Waals surface area contributed by atoms with Gasteiger partial charge in [-0.05, 0) is 24.6 Å². The van der Waals surface area contributed by atoms with Crippen LogP contribution in [0.3, 0.4) is 0 Å². The number of nitrogens with one attached hydrogen (secondary N) is 2. The molecule has 6 nitrogen and oxygen atoms in total. The molecule has 0 aliphatic rings. The zero-order valence-electron chi connectivity index (χ0n) is 14.5. The van der Waals surface area contributed by atoms with E-state index in [-0.39, 0.29) is 5.91 Å². The van der Waals surface area contributed by atoms with E-state index in [0.29, 0.717) is 18.7 Å². The Morgan fingerprint density at radius 3 is 2.42 bits per heavy atom. The molecule has 1 heterocycles. The fourth-order valence-corrected chi connectivity index (χ4v) is 2.82. The first-order valence-electron chi connectivity index (χ1n) is 7.66. The summed E-state index contributed by atoms with van der Waals surface area (Å²) < 4.78 is 0. The summed E-state index contributed by atoms with van der Waals surface area (Å²) in [4.78, 5) is 23.1. The highest BCUT2D eigenvalue weighted by molar-refractivity contribution is 7.11. The van der Waals surface area contributed by atoms with Gasteiger partial charge in [0.2, 0.25) is 0 Å². The first kappa shape index (κ1) is 17.9. The molecule has 1 aromatic carbocycles. The third-order valence-electron chi connectivity index (χ3n) is 3.39. The van der Waals surface area contributed by atoms with Crippen molar-refractivity contribution in [3.8, 4) is 0 Å². The lowest BCUT2D eigenvalue weighted by Crippen LogP contribution is -2.36. The largest absolute Gasteiger partial charge is 0.352 e. The molecule has 0 saturated carbocycles. The monoisotopic (exact) mass is 345 g/mol. The second kappa shape index (κ2) is 8.44. The number of aryl methyl sites for hydroxylation is 1. The second-order valence-electron chi connectivity index (χ2n) is 5.52. The fraction of sp³-hybridized carbons (Fsp3) is 0.353. The van der Waals surface area contributed by atoms with E-state index in [4.69, 9.17) is 0 Å². The molecule has 2 rings (SSSR count). The topological polar surface area (TPSA) is 69.6 Å².